The Morgan fingerprint density at radius 2 is 0.780 bits per heavy atom. The van der Waals surface area contributed by atoms with Gasteiger partial charge < -0.3 is 28.6 Å². The van der Waals surface area contributed by atoms with Crippen LogP contribution in [0.15, 0.2) is 36.4 Å². The molecular weight excluding hydrogens is 554 g/mol. The summed E-state index contributed by atoms with van der Waals surface area (Å²) in [4.78, 5) is 40.9. The standard InChI is InChI=1S/C33H54O6P2/c1-29(2,3)21-15-17-23(25(19-21)31(7,8)9)27(38-40(34)35)33(13,14)28(39-41(36)37)24-18-16-22(30(4,5)6)20-26(24)32(10,11)12/h15-20,27-28,34-37H,1-14H3. The van der Waals surface area contributed by atoms with Crippen LogP contribution in [0, 0.1) is 5.41 Å². The fraction of sp³-hybridized carbons (Fsp3) is 0.636. The largest absolute Gasteiger partial charge is 0.328 e. The lowest BCUT2D eigenvalue weighted by atomic mass is 9.68. The summed E-state index contributed by atoms with van der Waals surface area (Å²) in [6, 6.07) is 12.5. The van der Waals surface area contributed by atoms with Gasteiger partial charge in [-0.25, -0.2) is 0 Å². The fourth-order valence-electron chi connectivity index (χ4n) is 5.31. The molecule has 0 aliphatic carbocycles. The van der Waals surface area contributed by atoms with Gasteiger partial charge in [0.1, 0.15) is 0 Å². The van der Waals surface area contributed by atoms with Crippen LogP contribution in [0.25, 0.3) is 0 Å². The van der Waals surface area contributed by atoms with Crippen molar-refractivity contribution in [2.75, 3.05) is 0 Å². The Labute approximate surface area is 251 Å². The van der Waals surface area contributed by atoms with Crippen LogP contribution in [0.2, 0.25) is 0 Å². The average Bonchev–Trinajstić information content (AvgIpc) is 2.77. The topological polar surface area (TPSA) is 99.4 Å². The van der Waals surface area contributed by atoms with Crippen molar-refractivity contribution in [1.82, 2.24) is 0 Å². The Morgan fingerprint density at radius 1 is 0.488 bits per heavy atom. The number of rotatable bonds is 8. The van der Waals surface area contributed by atoms with E-state index in [0.29, 0.717) is 0 Å². The van der Waals surface area contributed by atoms with Crippen LogP contribution in [0.3, 0.4) is 0 Å². The first-order valence-corrected chi connectivity index (χ1v) is 16.6. The Kier molecular flexibility index (Phi) is 11.1. The van der Waals surface area contributed by atoms with E-state index in [1.165, 1.54) is 0 Å². The molecule has 4 N–H and O–H groups in total. The lowest BCUT2D eigenvalue weighted by Crippen LogP contribution is -2.35. The molecule has 0 spiro atoms. The summed E-state index contributed by atoms with van der Waals surface area (Å²) < 4.78 is 12.0. The maximum Gasteiger partial charge on any atom is 0.327 e. The molecule has 0 saturated heterocycles. The smallest absolute Gasteiger partial charge is 0.327 e. The molecule has 0 heterocycles. The van der Waals surface area contributed by atoms with E-state index in [9.17, 15) is 19.6 Å². The molecule has 0 aromatic heterocycles. The second kappa shape index (κ2) is 12.6. The summed E-state index contributed by atoms with van der Waals surface area (Å²) in [6.07, 6.45) is -1.69. The highest BCUT2D eigenvalue weighted by Gasteiger charge is 2.46. The Hall–Kier alpha value is -0.940. The lowest BCUT2D eigenvalue weighted by molar-refractivity contribution is -0.0350. The van der Waals surface area contributed by atoms with Crippen molar-refractivity contribution < 1.29 is 28.6 Å². The third-order valence-corrected chi connectivity index (χ3v) is 8.57. The van der Waals surface area contributed by atoms with E-state index in [2.05, 4.69) is 107 Å². The van der Waals surface area contributed by atoms with Crippen molar-refractivity contribution in [3.63, 3.8) is 0 Å². The Morgan fingerprint density at radius 3 is 1.00 bits per heavy atom. The predicted molar refractivity (Wildman–Crippen MR) is 172 cm³/mol. The minimum Gasteiger partial charge on any atom is -0.328 e. The molecule has 8 heteroatoms. The second-order valence-electron chi connectivity index (χ2n) is 15.9. The zero-order valence-corrected chi connectivity index (χ0v) is 29.4. The van der Waals surface area contributed by atoms with Crippen molar-refractivity contribution in [2.45, 2.75) is 131 Å². The zero-order chi connectivity index (χ0) is 31.9. The van der Waals surface area contributed by atoms with Crippen LogP contribution in [0.4, 0.5) is 0 Å². The quantitative estimate of drug-likeness (QED) is 0.223. The van der Waals surface area contributed by atoms with Gasteiger partial charge in [-0.3, -0.25) is 0 Å². The molecular formula is C33H54O6P2. The monoisotopic (exact) mass is 608 g/mol. The van der Waals surface area contributed by atoms with Gasteiger partial charge in [0, 0.05) is 5.41 Å². The molecule has 2 unspecified atom stereocenters. The minimum absolute atomic E-state index is 0.0867. The van der Waals surface area contributed by atoms with E-state index in [4.69, 9.17) is 9.05 Å². The molecule has 2 aromatic rings. The first-order chi connectivity index (χ1) is 18.3. The maximum absolute atomic E-state index is 10.2. The highest BCUT2D eigenvalue weighted by molar-refractivity contribution is 7.39. The minimum atomic E-state index is -2.75. The predicted octanol–water partition coefficient (Wildman–Crippen LogP) is 9.14. The van der Waals surface area contributed by atoms with Crippen LogP contribution >= 0.6 is 17.2 Å². The van der Waals surface area contributed by atoms with Crippen molar-refractivity contribution >= 4 is 17.2 Å². The lowest BCUT2D eigenvalue weighted by Gasteiger charge is -2.44. The number of hydrogen-bond acceptors (Lipinski definition) is 6. The van der Waals surface area contributed by atoms with E-state index >= 15 is 0 Å². The second-order valence-corrected chi connectivity index (χ2v) is 17.3. The van der Waals surface area contributed by atoms with Crippen LogP contribution in [0.5, 0.6) is 0 Å². The molecule has 41 heavy (non-hydrogen) atoms. The van der Waals surface area contributed by atoms with E-state index in [-0.39, 0.29) is 21.7 Å². The maximum atomic E-state index is 10.2. The molecule has 0 radical (unpaired) electrons. The summed E-state index contributed by atoms with van der Waals surface area (Å²) >= 11 is 0. The number of hydrogen-bond donors (Lipinski definition) is 4. The summed E-state index contributed by atoms with van der Waals surface area (Å²) in [6.45, 7) is 29.6. The number of benzene rings is 2. The molecule has 0 amide bonds. The normalized spacial score (nSPS) is 15.5. The van der Waals surface area contributed by atoms with Crippen molar-refractivity contribution in [3.05, 3.63) is 69.8 Å². The third-order valence-electron chi connectivity index (χ3n) is 7.77. The molecule has 6 nitrogen and oxygen atoms in total. The van der Waals surface area contributed by atoms with Crippen LogP contribution in [-0.4, -0.2) is 19.6 Å². The summed E-state index contributed by atoms with van der Waals surface area (Å²) in [5.74, 6) is 0. The van der Waals surface area contributed by atoms with Gasteiger partial charge >= 0.3 is 17.2 Å². The molecule has 0 bridgehead atoms. The highest BCUT2D eigenvalue weighted by Crippen LogP contribution is 2.57. The van der Waals surface area contributed by atoms with Gasteiger partial charge in [-0.2, -0.15) is 0 Å². The van der Waals surface area contributed by atoms with Crippen molar-refractivity contribution in [2.24, 2.45) is 5.41 Å². The van der Waals surface area contributed by atoms with E-state index in [0.717, 1.165) is 33.4 Å². The molecule has 2 aromatic carbocycles. The van der Waals surface area contributed by atoms with E-state index < -0.39 is 34.8 Å². The summed E-state index contributed by atoms with van der Waals surface area (Å²) in [5.41, 5.74) is 4.25. The molecule has 0 saturated carbocycles. The average molecular weight is 609 g/mol. The SMILES string of the molecule is CC(C)(C)c1ccc(C(OP(O)O)C(C)(C)C(OP(O)O)c2ccc(C(C)(C)C)cc2C(C)(C)C)c(C(C)(C)C)c1. The van der Waals surface area contributed by atoms with E-state index in [1.807, 2.05) is 26.0 Å². The molecule has 2 rings (SSSR count). The van der Waals surface area contributed by atoms with Gasteiger partial charge in [-0.05, 0) is 55.0 Å². The molecule has 2 atom stereocenters. The van der Waals surface area contributed by atoms with Gasteiger partial charge in [0.25, 0.3) is 0 Å². The first kappa shape index (κ1) is 36.3. The molecule has 0 fully saturated rings. The van der Waals surface area contributed by atoms with Crippen LogP contribution in [0.1, 0.15) is 143 Å². The molecule has 232 valence electrons. The summed E-state index contributed by atoms with van der Waals surface area (Å²) in [7, 11) is -5.49. The van der Waals surface area contributed by atoms with Gasteiger partial charge in [-0.15, -0.1) is 0 Å². The Bertz CT molecular complexity index is 1090. The van der Waals surface area contributed by atoms with Crippen LogP contribution < -0.4 is 0 Å². The summed E-state index contributed by atoms with van der Waals surface area (Å²) in [5, 5.41) is 0. The van der Waals surface area contributed by atoms with Gasteiger partial charge in [-0.1, -0.05) is 133 Å². The molecule has 0 aliphatic heterocycles. The zero-order valence-electron chi connectivity index (χ0n) is 27.6. The van der Waals surface area contributed by atoms with Gasteiger partial charge in [0.15, 0.2) is 0 Å². The van der Waals surface area contributed by atoms with Crippen molar-refractivity contribution in [1.29, 1.82) is 0 Å². The third kappa shape index (κ3) is 9.03. The van der Waals surface area contributed by atoms with Gasteiger partial charge in [0.2, 0.25) is 0 Å². The fourth-order valence-corrected chi connectivity index (χ4v) is 6.46. The van der Waals surface area contributed by atoms with E-state index in [1.54, 1.807) is 0 Å². The highest BCUT2D eigenvalue weighted by atomic mass is 31.2. The van der Waals surface area contributed by atoms with Gasteiger partial charge in [0.05, 0.1) is 12.2 Å². The Balaban J connectivity index is 2.94. The van der Waals surface area contributed by atoms with Crippen molar-refractivity contribution in [3.8, 4) is 0 Å². The first-order valence-electron chi connectivity index (χ1n) is 14.3. The van der Waals surface area contributed by atoms with Crippen LogP contribution in [-0.2, 0) is 30.7 Å². The molecule has 0 aliphatic rings.